The lowest BCUT2D eigenvalue weighted by molar-refractivity contribution is -0.147. The Morgan fingerprint density at radius 3 is 2.11 bits per heavy atom. The number of carboxylic acid groups (broad SMARTS) is 1. The Balaban J connectivity index is 4.06. The zero-order chi connectivity index (χ0) is 15.1. The Bertz CT molecular complexity index is 342. The van der Waals surface area contributed by atoms with E-state index in [1.165, 1.54) is 6.92 Å². The molecule has 0 aromatic rings. The third kappa shape index (κ3) is 6.79. The van der Waals surface area contributed by atoms with Gasteiger partial charge in [-0.3, -0.25) is 9.59 Å². The molecule has 0 aliphatic carbocycles. The second-order valence-electron chi connectivity index (χ2n) is 5.11. The third-order valence-electron chi connectivity index (χ3n) is 2.85. The van der Waals surface area contributed by atoms with Crippen molar-refractivity contribution in [2.24, 2.45) is 0 Å². The zero-order valence-corrected chi connectivity index (χ0v) is 12.1. The normalized spacial score (nSPS) is 13.7. The summed E-state index contributed by atoms with van der Waals surface area (Å²) in [6.07, 6.45) is 1.13. The van der Waals surface area contributed by atoms with E-state index in [1.807, 2.05) is 13.8 Å². The molecule has 6 heteroatoms. The smallest absolute Gasteiger partial charge is 0.329 e. The summed E-state index contributed by atoms with van der Waals surface area (Å²) < 4.78 is 0. The van der Waals surface area contributed by atoms with Gasteiger partial charge < -0.3 is 15.7 Å². The van der Waals surface area contributed by atoms with Crippen molar-refractivity contribution in [1.29, 1.82) is 0 Å². The van der Waals surface area contributed by atoms with Crippen LogP contribution in [0.5, 0.6) is 0 Å². The van der Waals surface area contributed by atoms with E-state index in [0.717, 1.165) is 0 Å². The standard InChI is InChI=1S/C13H24N2O4/c1-5-13(4,12(18)19)15-11(17)8-6-7-10(16)14-9(2)3/h9H,5-8H2,1-4H3,(H,14,16)(H,15,17)(H,18,19). The number of rotatable bonds is 8. The van der Waals surface area contributed by atoms with E-state index in [4.69, 9.17) is 5.11 Å². The lowest BCUT2D eigenvalue weighted by atomic mass is 9.99. The minimum absolute atomic E-state index is 0.0803. The molecule has 0 radical (unpaired) electrons. The van der Waals surface area contributed by atoms with Crippen molar-refractivity contribution in [3.05, 3.63) is 0 Å². The van der Waals surface area contributed by atoms with Crippen LogP contribution in [0.2, 0.25) is 0 Å². The number of carbonyl (C=O) groups excluding carboxylic acids is 2. The van der Waals surface area contributed by atoms with Gasteiger partial charge in [-0.25, -0.2) is 4.79 Å². The summed E-state index contributed by atoms with van der Waals surface area (Å²) in [5.41, 5.74) is -1.24. The summed E-state index contributed by atoms with van der Waals surface area (Å²) in [4.78, 5) is 34.0. The van der Waals surface area contributed by atoms with Crippen LogP contribution in [-0.4, -0.2) is 34.5 Å². The fourth-order valence-corrected chi connectivity index (χ4v) is 1.47. The van der Waals surface area contributed by atoms with E-state index in [0.29, 0.717) is 12.8 Å². The van der Waals surface area contributed by atoms with Crippen molar-refractivity contribution in [3.63, 3.8) is 0 Å². The van der Waals surface area contributed by atoms with Gasteiger partial charge in [-0.05, 0) is 33.6 Å². The first-order valence-electron chi connectivity index (χ1n) is 6.55. The van der Waals surface area contributed by atoms with Crippen LogP contribution in [0.3, 0.4) is 0 Å². The van der Waals surface area contributed by atoms with Crippen LogP contribution >= 0.6 is 0 Å². The summed E-state index contributed by atoms with van der Waals surface area (Å²) in [7, 11) is 0. The van der Waals surface area contributed by atoms with Gasteiger partial charge in [-0.1, -0.05) is 6.92 Å². The molecule has 0 rings (SSSR count). The minimum atomic E-state index is -1.24. The van der Waals surface area contributed by atoms with E-state index < -0.39 is 11.5 Å². The number of carboxylic acids is 1. The number of carbonyl (C=O) groups is 3. The highest BCUT2D eigenvalue weighted by Gasteiger charge is 2.32. The molecule has 0 aromatic heterocycles. The van der Waals surface area contributed by atoms with E-state index in [1.54, 1.807) is 6.92 Å². The van der Waals surface area contributed by atoms with Crippen molar-refractivity contribution in [3.8, 4) is 0 Å². The van der Waals surface area contributed by atoms with Crippen molar-refractivity contribution in [2.45, 2.75) is 65.0 Å². The average molecular weight is 272 g/mol. The summed E-state index contributed by atoms with van der Waals surface area (Å²) >= 11 is 0. The minimum Gasteiger partial charge on any atom is -0.480 e. The van der Waals surface area contributed by atoms with E-state index in [9.17, 15) is 14.4 Å². The maximum absolute atomic E-state index is 11.6. The summed E-state index contributed by atoms with van der Waals surface area (Å²) in [5.74, 6) is -1.50. The maximum atomic E-state index is 11.6. The first-order chi connectivity index (χ1) is 8.71. The predicted octanol–water partition coefficient (Wildman–Crippen LogP) is 1.05. The average Bonchev–Trinajstić information content (AvgIpc) is 2.27. The molecule has 0 saturated heterocycles. The van der Waals surface area contributed by atoms with Gasteiger partial charge in [0.25, 0.3) is 0 Å². The monoisotopic (exact) mass is 272 g/mol. The van der Waals surface area contributed by atoms with Crippen molar-refractivity contribution in [2.75, 3.05) is 0 Å². The summed E-state index contributed by atoms with van der Waals surface area (Å²) in [5, 5.41) is 14.2. The molecular weight excluding hydrogens is 248 g/mol. The van der Waals surface area contributed by atoms with Gasteiger partial charge in [0.1, 0.15) is 5.54 Å². The van der Waals surface area contributed by atoms with E-state index in [2.05, 4.69) is 10.6 Å². The van der Waals surface area contributed by atoms with Gasteiger partial charge in [0.2, 0.25) is 11.8 Å². The molecule has 0 aromatic carbocycles. The predicted molar refractivity (Wildman–Crippen MR) is 71.6 cm³/mol. The first kappa shape index (κ1) is 17.4. The Morgan fingerprint density at radius 2 is 1.68 bits per heavy atom. The first-order valence-corrected chi connectivity index (χ1v) is 6.55. The van der Waals surface area contributed by atoms with Gasteiger partial charge in [-0.15, -0.1) is 0 Å². The Kier molecular flexibility index (Phi) is 7.11. The van der Waals surface area contributed by atoms with Crippen LogP contribution < -0.4 is 10.6 Å². The number of hydrogen-bond donors (Lipinski definition) is 3. The van der Waals surface area contributed by atoms with Gasteiger partial charge in [0.15, 0.2) is 0 Å². The number of hydrogen-bond acceptors (Lipinski definition) is 3. The largest absolute Gasteiger partial charge is 0.480 e. The topological polar surface area (TPSA) is 95.5 Å². The molecule has 3 N–H and O–H groups in total. The molecule has 1 unspecified atom stereocenters. The lowest BCUT2D eigenvalue weighted by Crippen LogP contribution is -2.51. The molecule has 6 nitrogen and oxygen atoms in total. The lowest BCUT2D eigenvalue weighted by Gasteiger charge is -2.24. The molecule has 0 spiro atoms. The Labute approximate surface area is 113 Å². The highest BCUT2D eigenvalue weighted by atomic mass is 16.4. The fourth-order valence-electron chi connectivity index (χ4n) is 1.47. The molecule has 0 bridgehead atoms. The number of amides is 2. The van der Waals surface area contributed by atoms with Crippen LogP contribution in [0, 0.1) is 0 Å². The van der Waals surface area contributed by atoms with Crippen LogP contribution in [0.15, 0.2) is 0 Å². The summed E-state index contributed by atoms with van der Waals surface area (Å²) in [6, 6.07) is 0.0803. The van der Waals surface area contributed by atoms with Gasteiger partial charge >= 0.3 is 5.97 Å². The van der Waals surface area contributed by atoms with Crippen LogP contribution in [0.25, 0.3) is 0 Å². The van der Waals surface area contributed by atoms with Crippen LogP contribution in [-0.2, 0) is 14.4 Å². The Hall–Kier alpha value is -1.59. The highest BCUT2D eigenvalue weighted by molar-refractivity contribution is 5.86. The van der Waals surface area contributed by atoms with Crippen LogP contribution in [0.4, 0.5) is 0 Å². The second-order valence-corrected chi connectivity index (χ2v) is 5.11. The van der Waals surface area contributed by atoms with E-state index >= 15 is 0 Å². The molecule has 0 aliphatic heterocycles. The summed E-state index contributed by atoms with van der Waals surface area (Å²) in [6.45, 7) is 6.90. The van der Waals surface area contributed by atoms with Crippen LogP contribution in [0.1, 0.15) is 53.4 Å². The molecular formula is C13H24N2O4. The molecule has 1 atom stereocenters. The molecule has 0 saturated carbocycles. The molecule has 110 valence electrons. The molecule has 0 aliphatic rings. The molecule has 0 heterocycles. The third-order valence-corrected chi connectivity index (χ3v) is 2.85. The van der Waals surface area contributed by atoms with E-state index in [-0.39, 0.29) is 30.7 Å². The second kappa shape index (κ2) is 7.76. The molecule has 19 heavy (non-hydrogen) atoms. The quantitative estimate of drug-likeness (QED) is 0.615. The van der Waals surface area contributed by atoms with Gasteiger partial charge in [-0.2, -0.15) is 0 Å². The fraction of sp³-hybridized carbons (Fsp3) is 0.769. The maximum Gasteiger partial charge on any atom is 0.329 e. The van der Waals surface area contributed by atoms with Gasteiger partial charge in [0, 0.05) is 18.9 Å². The highest BCUT2D eigenvalue weighted by Crippen LogP contribution is 2.10. The zero-order valence-electron chi connectivity index (χ0n) is 12.1. The van der Waals surface area contributed by atoms with Gasteiger partial charge in [0.05, 0.1) is 0 Å². The molecule has 2 amide bonds. The van der Waals surface area contributed by atoms with Crippen molar-refractivity contribution < 1.29 is 19.5 Å². The SMILES string of the molecule is CCC(C)(NC(=O)CCCC(=O)NC(C)C)C(=O)O. The van der Waals surface area contributed by atoms with Crippen molar-refractivity contribution in [1.82, 2.24) is 10.6 Å². The molecule has 0 fully saturated rings. The Morgan fingerprint density at radius 1 is 1.16 bits per heavy atom. The number of nitrogens with one attached hydrogen (secondary N) is 2. The van der Waals surface area contributed by atoms with Crippen molar-refractivity contribution >= 4 is 17.8 Å². The number of aliphatic carboxylic acids is 1.